The number of carbonyl (C=O) groups is 1. The topological polar surface area (TPSA) is 66.5 Å². The number of aryl methyl sites for hydroxylation is 1. The van der Waals surface area contributed by atoms with Crippen molar-refractivity contribution in [3.63, 3.8) is 0 Å². The Morgan fingerprint density at radius 2 is 2.00 bits per heavy atom. The predicted molar refractivity (Wildman–Crippen MR) is 97.2 cm³/mol. The quantitative estimate of drug-likeness (QED) is 0.828. The van der Waals surface area contributed by atoms with Crippen molar-refractivity contribution < 1.29 is 13.2 Å². The average molecular weight is 366 g/mol. The third-order valence-electron chi connectivity index (χ3n) is 3.77. The van der Waals surface area contributed by atoms with Crippen molar-refractivity contribution in [1.82, 2.24) is 0 Å². The zero-order chi connectivity index (χ0) is 16.8. The number of Topliss-reactive ketones (excluding diaryl/α,β-unsaturated/α-hetero) is 1. The number of ketones is 1. The molecule has 2 heterocycles. The second-order valence-electron chi connectivity index (χ2n) is 5.20. The molecule has 1 aliphatic heterocycles. The summed E-state index contributed by atoms with van der Waals surface area (Å²) < 4.78 is 26.5. The van der Waals surface area contributed by atoms with E-state index < -0.39 is 21.1 Å². The molecule has 23 heavy (non-hydrogen) atoms. The fourth-order valence-corrected chi connectivity index (χ4v) is 5.52. The molecule has 0 bridgehead atoms. The highest BCUT2D eigenvalue weighted by molar-refractivity contribution is 7.97. The highest BCUT2D eigenvalue weighted by Gasteiger charge is 2.46. The third kappa shape index (κ3) is 2.56. The van der Waals surface area contributed by atoms with Crippen molar-refractivity contribution in [2.75, 3.05) is 16.7 Å². The van der Waals surface area contributed by atoms with Gasteiger partial charge in [0.1, 0.15) is 4.99 Å². The van der Waals surface area contributed by atoms with E-state index in [0.29, 0.717) is 16.3 Å². The predicted octanol–water partition coefficient (Wildman–Crippen LogP) is 2.83. The lowest BCUT2D eigenvalue weighted by atomic mass is 10.1. The Kier molecular flexibility index (Phi) is 3.99. The van der Waals surface area contributed by atoms with Gasteiger partial charge in [0.25, 0.3) is 10.0 Å². The minimum absolute atomic E-state index is 0.00444. The molecule has 0 aliphatic carbocycles. The van der Waals surface area contributed by atoms with Crippen LogP contribution >= 0.6 is 23.6 Å². The molecule has 1 aromatic carbocycles. The minimum atomic E-state index is -3.88. The summed E-state index contributed by atoms with van der Waals surface area (Å²) >= 11 is 6.49. The smallest absolute Gasteiger partial charge is 0.252 e. The van der Waals surface area contributed by atoms with Crippen molar-refractivity contribution in [2.24, 2.45) is 0 Å². The van der Waals surface area contributed by atoms with Gasteiger partial charge < -0.3 is 5.32 Å². The average Bonchev–Trinajstić information content (AvgIpc) is 2.97. The van der Waals surface area contributed by atoms with E-state index in [-0.39, 0.29) is 4.99 Å². The van der Waals surface area contributed by atoms with Crippen LogP contribution in [0.1, 0.15) is 15.2 Å². The fourth-order valence-electron chi connectivity index (χ4n) is 2.45. The Bertz CT molecular complexity index is 902. The Balaban J connectivity index is 2.00. The number of sulfonamides is 1. The summed E-state index contributed by atoms with van der Waals surface area (Å²) in [5.41, 5.74) is 2.02. The summed E-state index contributed by atoms with van der Waals surface area (Å²) in [5, 5.41) is 3.23. The monoisotopic (exact) mass is 366 g/mol. The number of anilines is 2. The molecule has 2 aromatic rings. The number of fused-ring (bicyclic) bond motifs is 1. The maximum absolute atomic E-state index is 12.7. The highest BCUT2D eigenvalue weighted by atomic mass is 32.2. The van der Waals surface area contributed by atoms with Crippen LogP contribution in [0.4, 0.5) is 11.4 Å². The number of nitrogens with zero attached hydrogens (tertiary/aromatic N) is 1. The van der Waals surface area contributed by atoms with E-state index in [0.717, 1.165) is 9.87 Å². The molecule has 0 radical (unpaired) electrons. The summed E-state index contributed by atoms with van der Waals surface area (Å²) in [4.78, 5) is 13.0. The summed E-state index contributed by atoms with van der Waals surface area (Å²) in [5.74, 6) is -0.473. The van der Waals surface area contributed by atoms with Gasteiger partial charge in [-0.1, -0.05) is 30.4 Å². The second kappa shape index (κ2) is 5.70. The largest absolute Gasteiger partial charge is 0.348 e. The van der Waals surface area contributed by atoms with Crippen molar-refractivity contribution in [3.8, 4) is 0 Å². The van der Waals surface area contributed by atoms with Crippen LogP contribution in [0.5, 0.6) is 0 Å². The molecule has 3 rings (SSSR count). The molecule has 0 amide bonds. The maximum atomic E-state index is 12.7. The van der Waals surface area contributed by atoms with Crippen LogP contribution in [0.2, 0.25) is 0 Å². The number of carbonyl (C=O) groups excluding carboxylic acids is 1. The summed E-state index contributed by atoms with van der Waals surface area (Å²) in [6.07, 6.45) is 0. The van der Waals surface area contributed by atoms with Crippen LogP contribution in [-0.2, 0) is 10.0 Å². The van der Waals surface area contributed by atoms with E-state index in [1.807, 2.05) is 25.1 Å². The highest BCUT2D eigenvalue weighted by Crippen LogP contribution is 2.36. The van der Waals surface area contributed by atoms with E-state index in [1.165, 1.54) is 18.4 Å². The first-order valence-electron chi connectivity index (χ1n) is 6.80. The van der Waals surface area contributed by atoms with Crippen LogP contribution in [0.15, 0.2) is 35.7 Å². The molecule has 1 aromatic heterocycles. The minimum Gasteiger partial charge on any atom is -0.348 e. The number of hydrogen-bond acceptors (Lipinski definition) is 5. The molecule has 8 heteroatoms. The van der Waals surface area contributed by atoms with E-state index in [1.54, 1.807) is 17.5 Å². The lowest BCUT2D eigenvalue weighted by molar-refractivity contribution is 0.101. The van der Waals surface area contributed by atoms with Crippen LogP contribution in [0, 0.1) is 6.92 Å². The van der Waals surface area contributed by atoms with Gasteiger partial charge in [0.05, 0.1) is 10.6 Å². The van der Waals surface area contributed by atoms with Gasteiger partial charge >= 0.3 is 0 Å². The van der Waals surface area contributed by atoms with E-state index in [9.17, 15) is 13.2 Å². The number of benzene rings is 1. The molecule has 0 spiro atoms. The molecule has 1 N–H and O–H groups in total. The Hall–Kier alpha value is -1.77. The molecule has 0 saturated carbocycles. The van der Waals surface area contributed by atoms with Gasteiger partial charge in [-0.25, -0.2) is 8.42 Å². The van der Waals surface area contributed by atoms with Gasteiger partial charge in [-0.15, -0.1) is 11.3 Å². The molecule has 0 unspecified atom stereocenters. The molecule has 0 fully saturated rings. The number of thiophene rings is 1. The first kappa shape index (κ1) is 16.1. The number of nitrogens with one attached hydrogen (secondary N) is 1. The summed E-state index contributed by atoms with van der Waals surface area (Å²) in [6, 6.07) is 8.99. The molecule has 1 aliphatic rings. The Morgan fingerprint density at radius 3 is 2.70 bits per heavy atom. The van der Waals surface area contributed by atoms with Crippen LogP contribution in [0.25, 0.3) is 0 Å². The van der Waals surface area contributed by atoms with Crippen molar-refractivity contribution in [3.05, 3.63) is 46.2 Å². The van der Waals surface area contributed by atoms with Gasteiger partial charge in [-0.05, 0) is 30.0 Å². The zero-order valence-electron chi connectivity index (χ0n) is 12.4. The molecule has 1 atom stereocenters. The Labute approximate surface area is 144 Å². The Morgan fingerprint density at radius 1 is 1.30 bits per heavy atom. The number of rotatable bonds is 2. The van der Waals surface area contributed by atoms with Gasteiger partial charge in [0.15, 0.2) is 5.25 Å². The normalized spacial score (nSPS) is 19.3. The van der Waals surface area contributed by atoms with Crippen LogP contribution in [0.3, 0.4) is 0 Å². The standard InChI is InChI=1S/C15H14N2O3S3/c1-9-5-3-4-6-10(9)16-15(21)14-12(18)13-11(7-8-22-13)17(2)23(14,19)20/h3-8,14H,1-2H3,(H,16,21)/t14-/m0/s1. The SMILES string of the molecule is Cc1ccccc1NC(=S)[C@@H]1C(=O)c2sccc2N(C)S1(=O)=O. The summed E-state index contributed by atoms with van der Waals surface area (Å²) in [6.45, 7) is 1.88. The number of thiocarbonyl (C=S) groups is 1. The van der Waals surface area contributed by atoms with E-state index >= 15 is 0 Å². The van der Waals surface area contributed by atoms with Gasteiger partial charge in [0, 0.05) is 12.7 Å². The molecule has 5 nitrogen and oxygen atoms in total. The van der Waals surface area contributed by atoms with Gasteiger partial charge in [0.2, 0.25) is 5.78 Å². The van der Waals surface area contributed by atoms with Crippen LogP contribution < -0.4 is 9.62 Å². The first-order chi connectivity index (χ1) is 10.8. The fraction of sp³-hybridized carbons (Fsp3) is 0.200. The second-order valence-corrected chi connectivity index (χ2v) is 8.60. The molecular weight excluding hydrogens is 352 g/mol. The lowest BCUT2D eigenvalue weighted by Gasteiger charge is -2.30. The number of para-hydroxylation sites is 1. The first-order valence-corrected chi connectivity index (χ1v) is 9.59. The lowest BCUT2D eigenvalue weighted by Crippen LogP contribution is -2.50. The summed E-state index contributed by atoms with van der Waals surface area (Å²) in [7, 11) is -2.44. The molecule has 120 valence electrons. The maximum Gasteiger partial charge on any atom is 0.252 e. The van der Waals surface area contributed by atoms with Crippen molar-refractivity contribution >= 4 is 55.7 Å². The van der Waals surface area contributed by atoms with Crippen molar-refractivity contribution in [1.29, 1.82) is 0 Å². The molecule has 0 saturated heterocycles. The van der Waals surface area contributed by atoms with Gasteiger partial charge in [-0.3, -0.25) is 9.10 Å². The zero-order valence-corrected chi connectivity index (χ0v) is 14.9. The van der Waals surface area contributed by atoms with Gasteiger partial charge in [-0.2, -0.15) is 0 Å². The van der Waals surface area contributed by atoms with E-state index in [4.69, 9.17) is 12.2 Å². The van der Waals surface area contributed by atoms with Crippen molar-refractivity contribution in [2.45, 2.75) is 12.2 Å². The third-order valence-corrected chi connectivity index (χ3v) is 7.18. The molecular formula is C15H14N2O3S3. The van der Waals surface area contributed by atoms with Crippen LogP contribution in [-0.4, -0.2) is 31.5 Å². The van der Waals surface area contributed by atoms with E-state index in [2.05, 4.69) is 5.32 Å². The number of hydrogen-bond donors (Lipinski definition) is 1.